The van der Waals surface area contributed by atoms with Gasteiger partial charge in [-0.2, -0.15) is 0 Å². The minimum atomic E-state index is -0.266. The molecule has 0 saturated heterocycles. The highest BCUT2D eigenvalue weighted by Gasteiger charge is 2.25. The number of carbonyl (C=O) groups excluding carboxylic acids is 2. The largest absolute Gasteiger partial charge is 0.506 e. The fourth-order valence-corrected chi connectivity index (χ4v) is 2.48. The van der Waals surface area contributed by atoms with Crippen LogP contribution in [0.4, 0.5) is 5.69 Å². The highest BCUT2D eigenvalue weighted by atomic mass is 16.3. The lowest BCUT2D eigenvalue weighted by atomic mass is 9.85. The molecule has 1 aromatic rings. The van der Waals surface area contributed by atoms with Crippen molar-refractivity contribution < 1.29 is 14.7 Å². The second kappa shape index (κ2) is 5.81. The number of aromatic hydroxyl groups is 1. The fourth-order valence-electron chi connectivity index (χ4n) is 2.48. The van der Waals surface area contributed by atoms with E-state index in [1.165, 1.54) is 12.1 Å². The van der Waals surface area contributed by atoms with Crippen molar-refractivity contribution in [2.75, 3.05) is 5.73 Å². The van der Waals surface area contributed by atoms with E-state index >= 15 is 0 Å². The van der Waals surface area contributed by atoms with Gasteiger partial charge in [-0.15, -0.1) is 0 Å². The van der Waals surface area contributed by atoms with Crippen molar-refractivity contribution in [2.24, 2.45) is 11.7 Å². The van der Waals surface area contributed by atoms with Gasteiger partial charge in [-0.25, -0.2) is 0 Å². The summed E-state index contributed by atoms with van der Waals surface area (Å²) in [5, 5.41) is 12.4. The van der Waals surface area contributed by atoms with Crippen molar-refractivity contribution in [3.63, 3.8) is 0 Å². The number of phenols is 1. The lowest BCUT2D eigenvalue weighted by Gasteiger charge is -2.27. The number of primary amides is 1. The van der Waals surface area contributed by atoms with Gasteiger partial charge in [0.2, 0.25) is 5.91 Å². The number of phenolic OH excluding ortho intramolecular Hbond substituents is 1. The standard InChI is InChI=1S/C14H19N3O3/c15-11-6-3-9(7-12(11)18)14(20)17-10-4-1-8(2-5-10)13(16)19/h3,6-8,10,18H,1-2,4-5,15H2,(H2,16,19)(H,17,20). The van der Waals surface area contributed by atoms with Crippen LogP contribution in [0.5, 0.6) is 5.75 Å². The summed E-state index contributed by atoms with van der Waals surface area (Å²) in [5.74, 6) is -0.695. The molecule has 0 atom stereocenters. The summed E-state index contributed by atoms with van der Waals surface area (Å²) in [6, 6.07) is 4.45. The molecule has 0 spiro atoms. The number of nitrogens with two attached hydrogens (primary N) is 2. The monoisotopic (exact) mass is 277 g/mol. The first-order valence-corrected chi connectivity index (χ1v) is 6.66. The predicted octanol–water partition coefficient (Wildman–Crippen LogP) is 0.748. The van der Waals surface area contributed by atoms with Crippen LogP contribution in [0.25, 0.3) is 0 Å². The maximum absolute atomic E-state index is 12.0. The second-order valence-corrected chi connectivity index (χ2v) is 5.20. The number of rotatable bonds is 3. The first-order valence-electron chi connectivity index (χ1n) is 6.66. The Morgan fingerprint density at radius 2 is 1.85 bits per heavy atom. The van der Waals surface area contributed by atoms with Gasteiger partial charge in [0.15, 0.2) is 0 Å². The maximum Gasteiger partial charge on any atom is 0.251 e. The quantitative estimate of drug-likeness (QED) is 0.481. The number of nitrogens with one attached hydrogen (secondary N) is 1. The SMILES string of the molecule is NC(=O)C1CCC(NC(=O)c2ccc(N)c(O)c2)CC1. The molecule has 0 radical (unpaired) electrons. The number of hydrogen-bond acceptors (Lipinski definition) is 4. The van der Waals surface area contributed by atoms with E-state index in [9.17, 15) is 14.7 Å². The van der Waals surface area contributed by atoms with Gasteiger partial charge in [0.1, 0.15) is 5.75 Å². The molecule has 1 fully saturated rings. The highest BCUT2D eigenvalue weighted by molar-refractivity contribution is 5.95. The van der Waals surface area contributed by atoms with E-state index in [0.717, 1.165) is 12.8 Å². The summed E-state index contributed by atoms with van der Waals surface area (Å²) < 4.78 is 0. The summed E-state index contributed by atoms with van der Waals surface area (Å²) in [5.41, 5.74) is 11.4. The molecule has 6 heteroatoms. The lowest BCUT2D eigenvalue weighted by molar-refractivity contribution is -0.122. The Hall–Kier alpha value is -2.24. The third-order valence-corrected chi connectivity index (χ3v) is 3.76. The van der Waals surface area contributed by atoms with Crippen molar-refractivity contribution >= 4 is 17.5 Å². The number of amides is 2. The third-order valence-electron chi connectivity index (χ3n) is 3.76. The van der Waals surface area contributed by atoms with E-state index < -0.39 is 0 Å². The number of nitrogen functional groups attached to an aromatic ring is 1. The van der Waals surface area contributed by atoms with Crippen LogP contribution >= 0.6 is 0 Å². The molecule has 20 heavy (non-hydrogen) atoms. The number of carbonyl (C=O) groups is 2. The van der Waals surface area contributed by atoms with E-state index in [-0.39, 0.29) is 35.2 Å². The van der Waals surface area contributed by atoms with Gasteiger partial charge in [0, 0.05) is 17.5 Å². The van der Waals surface area contributed by atoms with Crippen molar-refractivity contribution in [1.29, 1.82) is 0 Å². The number of anilines is 1. The molecule has 0 unspecified atom stereocenters. The normalized spacial score (nSPS) is 22.2. The Kier molecular flexibility index (Phi) is 4.12. The molecule has 1 saturated carbocycles. The molecule has 0 heterocycles. The molecular formula is C14H19N3O3. The predicted molar refractivity (Wildman–Crippen MR) is 74.9 cm³/mol. The lowest BCUT2D eigenvalue weighted by Crippen LogP contribution is -2.39. The Morgan fingerprint density at radius 1 is 1.20 bits per heavy atom. The average molecular weight is 277 g/mol. The van der Waals surface area contributed by atoms with Crippen molar-refractivity contribution in [2.45, 2.75) is 31.7 Å². The molecular weight excluding hydrogens is 258 g/mol. The topological polar surface area (TPSA) is 118 Å². The van der Waals surface area contributed by atoms with Crippen LogP contribution in [-0.4, -0.2) is 23.0 Å². The minimum Gasteiger partial charge on any atom is -0.506 e. The van der Waals surface area contributed by atoms with Crippen LogP contribution in [0.15, 0.2) is 18.2 Å². The number of benzene rings is 1. The van der Waals surface area contributed by atoms with E-state index in [0.29, 0.717) is 18.4 Å². The molecule has 0 aliphatic heterocycles. The van der Waals surface area contributed by atoms with Crippen LogP contribution in [0, 0.1) is 5.92 Å². The van der Waals surface area contributed by atoms with Crippen molar-refractivity contribution in [3.8, 4) is 5.75 Å². The van der Waals surface area contributed by atoms with Gasteiger partial charge in [0.05, 0.1) is 5.69 Å². The van der Waals surface area contributed by atoms with E-state index in [1.807, 2.05) is 0 Å². The Morgan fingerprint density at radius 3 is 2.40 bits per heavy atom. The molecule has 0 aromatic heterocycles. The van der Waals surface area contributed by atoms with Gasteiger partial charge >= 0.3 is 0 Å². The van der Waals surface area contributed by atoms with E-state index in [1.54, 1.807) is 6.07 Å². The van der Waals surface area contributed by atoms with Gasteiger partial charge in [-0.3, -0.25) is 9.59 Å². The summed E-state index contributed by atoms with van der Waals surface area (Å²) in [4.78, 5) is 23.1. The van der Waals surface area contributed by atoms with Gasteiger partial charge in [-0.1, -0.05) is 0 Å². The summed E-state index contributed by atoms with van der Waals surface area (Å²) in [6.45, 7) is 0. The molecule has 0 bridgehead atoms. The van der Waals surface area contributed by atoms with Crippen LogP contribution in [0.3, 0.4) is 0 Å². The molecule has 1 aliphatic carbocycles. The van der Waals surface area contributed by atoms with E-state index in [4.69, 9.17) is 11.5 Å². The maximum atomic E-state index is 12.0. The zero-order chi connectivity index (χ0) is 14.7. The molecule has 108 valence electrons. The molecule has 2 amide bonds. The molecule has 6 N–H and O–H groups in total. The highest BCUT2D eigenvalue weighted by Crippen LogP contribution is 2.25. The first kappa shape index (κ1) is 14.2. The Balaban J connectivity index is 1.92. The minimum absolute atomic E-state index is 0.0396. The first-order chi connectivity index (χ1) is 9.47. The Bertz CT molecular complexity index is 522. The van der Waals surface area contributed by atoms with Crippen LogP contribution in [0.2, 0.25) is 0 Å². The second-order valence-electron chi connectivity index (χ2n) is 5.20. The third kappa shape index (κ3) is 3.20. The summed E-state index contributed by atoms with van der Waals surface area (Å²) in [6.07, 6.45) is 2.88. The van der Waals surface area contributed by atoms with Gasteiger partial charge < -0.3 is 21.9 Å². The molecule has 1 aliphatic rings. The smallest absolute Gasteiger partial charge is 0.251 e. The zero-order valence-corrected chi connectivity index (χ0v) is 11.1. The average Bonchev–Trinajstić information content (AvgIpc) is 2.42. The van der Waals surface area contributed by atoms with Gasteiger partial charge in [0.25, 0.3) is 5.91 Å². The Labute approximate surface area is 117 Å². The number of hydrogen-bond donors (Lipinski definition) is 4. The van der Waals surface area contributed by atoms with Crippen molar-refractivity contribution in [3.05, 3.63) is 23.8 Å². The van der Waals surface area contributed by atoms with E-state index in [2.05, 4.69) is 5.32 Å². The summed E-state index contributed by atoms with van der Waals surface area (Å²) in [7, 11) is 0. The van der Waals surface area contributed by atoms with Crippen LogP contribution < -0.4 is 16.8 Å². The van der Waals surface area contributed by atoms with Crippen LogP contribution in [-0.2, 0) is 4.79 Å². The van der Waals surface area contributed by atoms with Crippen molar-refractivity contribution in [1.82, 2.24) is 5.32 Å². The zero-order valence-electron chi connectivity index (χ0n) is 11.1. The van der Waals surface area contributed by atoms with Gasteiger partial charge in [-0.05, 0) is 43.9 Å². The molecule has 2 rings (SSSR count). The molecule has 1 aromatic carbocycles. The fraction of sp³-hybridized carbons (Fsp3) is 0.429. The summed E-state index contributed by atoms with van der Waals surface area (Å²) >= 11 is 0. The molecule has 6 nitrogen and oxygen atoms in total. The van der Waals surface area contributed by atoms with Crippen LogP contribution in [0.1, 0.15) is 36.0 Å².